The molecule has 0 unspecified atom stereocenters. The molecular formula is C20H19F6N3O. The van der Waals surface area contributed by atoms with Gasteiger partial charge in [0, 0.05) is 0 Å². The molecule has 2 aromatic carbocycles. The lowest BCUT2D eigenvalue weighted by Crippen LogP contribution is -2.56. The molecule has 0 aliphatic carbocycles. The van der Waals surface area contributed by atoms with Gasteiger partial charge in [0.1, 0.15) is 6.04 Å². The largest absolute Gasteiger partial charge is 0.453 e. The molecule has 0 amide bonds. The van der Waals surface area contributed by atoms with E-state index in [1.807, 2.05) is 0 Å². The van der Waals surface area contributed by atoms with E-state index < -0.39 is 35.1 Å². The van der Waals surface area contributed by atoms with E-state index in [0.717, 1.165) is 6.07 Å². The van der Waals surface area contributed by atoms with Crippen LogP contribution in [-0.2, 0) is 10.9 Å². The highest BCUT2D eigenvalue weighted by Crippen LogP contribution is 2.40. The summed E-state index contributed by atoms with van der Waals surface area (Å²) in [5.41, 5.74) is -3.63. The Morgan fingerprint density at radius 2 is 1.50 bits per heavy atom. The first kappa shape index (κ1) is 21.8. The highest BCUT2D eigenvalue weighted by Gasteiger charge is 2.56. The van der Waals surface area contributed by atoms with E-state index in [1.165, 1.54) is 57.2 Å². The molecule has 30 heavy (non-hydrogen) atoms. The molecular weight excluding hydrogens is 412 g/mol. The number of rotatable bonds is 3. The number of anilines is 3. The smallest absolute Gasteiger partial charge is 0.418 e. The molecule has 1 aliphatic rings. The van der Waals surface area contributed by atoms with Crippen molar-refractivity contribution in [1.29, 1.82) is 0 Å². The lowest BCUT2D eigenvalue weighted by molar-refractivity contribution is -0.174. The molecule has 162 valence electrons. The number of amidine groups is 1. The molecule has 1 aliphatic heterocycles. The highest BCUT2D eigenvalue weighted by atomic mass is 19.4. The van der Waals surface area contributed by atoms with Crippen LogP contribution in [0, 0.1) is 5.82 Å². The lowest BCUT2D eigenvalue weighted by Gasteiger charge is -2.40. The van der Waals surface area contributed by atoms with Crippen molar-refractivity contribution in [2.24, 2.45) is 4.99 Å². The Morgan fingerprint density at radius 1 is 0.933 bits per heavy atom. The minimum Gasteiger partial charge on any atom is -0.453 e. The fourth-order valence-electron chi connectivity index (χ4n) is 2.98. The van der Waals surface area contributed by atoms with Crippen molar-refractivity contribution < 1.29 is 31.1 Å². The zero-order valence-corrected chi connectivity index (χ0v) is 16.2. The summed E-state index contributed by atoms with van der Waals surface area (Å²) in [5, 5.41) is 4.93. The second-order valence-electron chi connectivity index (χ2n) is 7.31. The monoisotopic (exact) mass is 431 g/mol. The summed E-state index contributed by atoms with van der Waals surface area (Å²) in [4.78, 5) is 3.72. The third-order valence-electron chi connectivity index (χ3n) is 4.73. The van der Waals surface area contributed by atoms with Crippen LogP contribution in [0.1, 0.15) is 26.3 Å². The Kier molecular flexibility index (Phi) is 5.38. The molecule has 2 N–H and O–H groups in total. The predicted octanol–water partition coefficient (Wildman–Crippen LogP) is 6.19. The maximum atomic E-state index is 14.9. The topological polar surface area (TPSA) is 45.7 Å². The van der Waals surface area contributed by atoms with Crippen molar-refractivity contribution in [3.8, 4) is 0 Å². The summed E-state index contributed by atoms with van der Waals surface area (Å²) in [6.07, 6.45) is -4.63. The van der Waals surface area contributed by atoms with Crippen molar-refractivity contribution in [3.63, 3.8) is 0 Å². The van der Waals surface area contributed by atoms with Gasteiger partial charge in [0.15, 0.2) is 11.4 Å². The number of aliphatic imine (C=N–C) groups is 1. The summed E-state index contributed by atoms with van der Waals surface area (Å²) in [6, 6.07) is 6.82. The molecule has 2 aromatic rings. The van der Waals surface area contributed by atoms with Gasteiger partial charge in [-0.3, -0.25) is 0 Å². The maximum absolute atomic E-state index is 14.9. The highest BCUT2D eigenvalue weighted by molar-refractivity contribution is 5.91. The number of benzene rings is 2. The first-order chi connectivity index (χ1) is 13.8. The average molecular weight is 431 g/mol. The Bertz CT molecular complexity index is 971. The van der Waals surface area contributed by atoms with Gasteiger partial charge >= 0.3 is 12.1 Å². The number of para-hydroxylation sites is 1. The van der Waals surface area contributed by atoms with E-state index in [2.05, 4.69) is 15.6 Å². The van der Waals surface area contributed by atoms with Crippen molar-refractivity contribution in [1.82, 2.24) is 0 Å². The van der Waals surface area contributed by atoms with Gasteiger partial charge in [-0.1, -0.05) is 18.2 Å². The van der Waals surface area contributed by atoms with E-state index in [1.54, 1.807) is 0 Å². The van der Waals surface area contributed by atoms with Gasteiger partial charge in [-0.15, -0.1) is 0 Å². The van der Waals surface area contributed by atoms with Crippen molar-refractivity contribution in [2.75, 3.05) is 10.6 Å². The van der Waals surface area contributed by atoms with E-state index in [4.69, 9.17) is 4.74 Å². The molecule has 0 radical (unpaired) electrons. The molecule has 4 nitrogen and oxygen atoms in total. The van der Waals surface area contributed by atoms with Crippen LogP contribution in [0.4, 0.5) is 43.4 Å². The Balaban J connectivity index is 1.89. The molecule has 0 bridgehead atoms. The molecule has 3 rings (SSSR count). The minimum absolute atomic E-state index is 0.198. The van der Waals surface area contributed by atoms with E-state index in [9.17, 15) is 26.3 Å². The number of ether oxygens (including phenoxy) is 1. The summed E-state index contributed by atoms with van der Waals surface area (Å²) in [5.74, 6) is -4.18. The Hall–Kier alpha value is -2.91. The summed E-state index contributed by atoms with van der Waals surface area (Å²) in [7, 11) is 0. The summed E-state index contributed by atoms with van der Waals surface area (Å²) in [6.45, 7) is 3.57. The van der Waals surface area contributed by atoms with Crippen molar-refractivity contribution >= 4 is 23.1 Å². The van der Waals surface area contributed by atoms with Crippen molar-refractivity contribution in [2.45, 2.75) is 44.5 Å². The van der Waals surface area contributed by atoms with E-state index in [-0.39, 0.29) is 23.1 Å². The number of hydrogen-bond acceptors (Lipinski definition) is 4. The molecule has 0 spiro atoms. The Labute approximate surface area is 169 Å². The van der Waals surface area contributed by atoms with Crippen LogP contribution in [0.2, 0.25) is 0 Å². The zero-order valence-electron chi connectivity index (χ0n) is 16.2. The van der Waals surface area contributed by atoms with Crippen LogP contribution in [0.5, 0.6) is 0 Å². The fourth-order valence-corrected chi connectivity index (χ4v) is 2.98. The quantitative estimate of drug-likeness (QED) is 0.570. The van der Waals surface area contributed by atoms with Gasteiger partial charge in [0.2, 0.25) is 0 Å². The normalized spacial score (nSPS) is 20.2. The third kappa shape index (κ3) is 4.03. The molecule has 10 heteroatoms. The SMILES string of the molecule is C[C@H]1N=C(Nc2cccc(Nc3ccccc3C(F)(F)F)c2F)OC(C)(C)C1(F)F. The van der Waals surface area contributed by atoms with Gasteiger partial charge in [-0.25, -0.2) is 9.38 Å². The number of nitrogens with one attached hydrogen (secondary N) is 2. The van der Waals surface area contributed by atoms with Crippen LogP contribution >= 0.6 is 0 Å². The first-order valence-corrected chi connectivity index (χ1v) is 8.96. The van der Waals surface area contributed by atoms with Gasteiger partial charge < -0.3 is 15.4 Å². The number of nitrogens with zero attached hydrogens (tertiary/aromatic N) is 1. The van der Waals surface area contributed by atoms with Gasteiger partial charge in [0.05, 0.1) is 22.6 Å². The summed E-state index contributed by atoms with van der Waals surface area (Å²) >= 11 is 0. The van der Waals surface area contributed by atoms with Crippen LogP contribution in [0.15, 0.2) is 47.5 Å². The third-order valence-corrected chi connectivity index (χ3v) is 4.73. The van der Waals surface area contributed by atoms with Crippen LogP contribution in [0.3, 0.4) is 0 Å². The number of alkyl halides is 5. The van der Waals surface area contributed by atoms with Crippen molar-refractivity contribution in [3.05, 3.63) is 53.8 Å². The van der Waals surface area contributed by atoms with Crippen LogP contribution in [-0.4, -0.2) is 23.6 Å². The molecule has 1 atom stereocenters. The van der Waals surface area contributed by atoms with E-state index >= 15 is 0 Å². The first-order valence-electron chi connectivity index (χ1n) is 8.96. The van der Waals surface area contributed by atoms with Gasteiger partial charge in [-0.2, -0.15) is 22.0 Å². The number of halogens is 6. The second-order valence-corrected chi connectivity index (χ2v) is 7.31. The molecule has 0 saturated carbocycles. The predicted molar refractivity (Wildman–Crippen MR) is 102 cm³/mol. The zero-order chi connectivity index (χ0) is 22.3. The van der Waals surface area contributed by atoms with Gasteiger partial charge in [0.25, 0.3) is 6.02 Å². The Morgan fingerprint density at radius 3 is 2.10 bits per heavy atom. The lowest BCUT2D eigenvalue weighted by atomic mass is 9.93. The van der Waals surface area contributed by atoms with Crippen LogP contribution in [0.25, 0.3) is 0 Å². The second kappa shape index (κ2) is 7.41. The van der Waals surface area contributed by atoms with Gasteiger partial charge in [-0.05, 0) is 45.0 Å². The molecule has 0 aromatic heterocycles. The molecule has 0 saturated heterocycles. The maximum Gasteiger partial charge on any atom is 0.418 e. The molecule has 0 fully saturated rings. The average Bonchev–Trinajstić information content (AvgIpc) is 2.63. The minimum atomic E-state index is -4.63. The fraction of sp³-hybridized carbons (Fsp3) is 0.350. The number of hydrogen-bond donors (Lipinski definition) is 2. The van der Waals surface area contributed by atoms with E-state index in [0.29, 0.717) is 0 Å². The van der Waals surface area contributed by atoms with Crippen LogP contribution < -0.4 is 10.6 Å². The standard InChI is InChI=1S/C20H19F6N3O/c1-11-19(22,23)18(2,3)30-17(27-11)29-15-10-6-9-14(16(15)21)28-13-8-5-4-7-12(13)20(24,25)26/h4-11,28H,1-3H3,(H,27,29)/t11-/m1/s1. The summed E-state index contributed by atoms with van der Waals surface area (Å²) < 4.78 is 88.0. The molecule has 1 heterocycles.